The van der Waals surface area contributed by atoms with Gasteiger partial charge in [-0.05, 0) is 46.8 Å². The molecule has 0 radical (unpaired) electrons. The van der Waals surface area contributed by atoms with E-state index in [0.717, 1.165) is 19.4 Å². The van der Waals surface area contributed by atoms with Crippen LogP contribution in [0.3, 0.4) is 0 Å². The Kier molecular flexibility index (Phi) is 6.00. The van der Waals surface area contributed by atoms with E-state index in [1.807, 2.05) is 0 Å². The molecular formula is C12H19BrN2O3S2. The van der Waals surface area contributed by atoms with Crippen LogP contribution in [0.15, 0.2) is 20.1 Å². The fourth-order valence-corrected chi connectivity index (χ4v) is 6.16. The normalized spacial score (nSPS) is 19.9. The van der Waals surface area contributed by atoms with Crippen molar-refractivity contribution in [3.63, 3.8) is 0 Å². The SMILES string of the molecule is COCCN(CC1CCCN1)S(=O)(=O)c1sccc1Br. The van der Waals surface area contributed by atoms with Crippen LogP contribution in [0.25, 0.3) is 0 Å². The van der Waals surface area contributed by atoms with E-state index < -0.39 is 10.0 Å². The quantitative estimate of drug-likeness (QED) is 0.782. The molecule has 8 heteroatoms. The molecule has 0 bridgehead atoms. The predicted molar refractivity (Wildman–Crippen MR) is 83.7 cm³/mol. The van der Waals surface area contributed by atoms with Crippen LogP contribution < -0.4 is 5.32 Å². The summed E-state index contributed by atoms with van der Waals surface area (Å²) >= 11 is 4.55. The van der Waals surface area contributed by atoms with E-state index in [4.69, 9.17) is 4.74 Å². The van der Waals surface area contributed by atoms with Crippen LogP contribution in [0.5, 0.6) is 0 Å². The van der Waals surface area contributed by atoms with Crippen molar-refractivity contribution in [2.75, 3.05) is 33.4 Å². The van der Waals surface area contributed by atoms with E-state index in [9.17, 15) is 8.42 Å². The van der Waals surface area contributed by atoms with Crippen LogP contribution in [0, 0.1) is 0 Å². The van der Waals surface area contributed by atoms with Crippen molar-refractivity contribution in [3.05, 3.63) is 15.9 Å². The lowest BCUT2D eigenvalue weighted by Gasteiger charge is -2.24. The van der Waals surface area contributed by atoms with Crippen LogP contribution in [0.1, 0.15) is 12.8 Å². The molecule has 1 unspecified atom stereocenters. The van der Waals surface area contributed by atoms with Crippen LogP contribution >= 0.6 is 27.3 Å². The molecule has 1 saturated heterocycles. The second-order valence-corrected chi connectivity index (χ2v) is 8.61. The molecular weight excluding hydrogens is 364 g/mol. The molecule has 114 valence electrons. The molecule has 2 heterocycles. The number of ether oxygens (including phenoxy) is 1. The van der Waals surface area contributed by atoms with Crippen molar-refractivity contribution >= 4 is 37.3 Å². The lowest BCUT2D eigenvalue weighted by Crippen LogP contribution is -2.42. The molecule has 0 spiro atoms. The monoisotopic (exact) mass is 382 g/mol. The third kappa shape index (κ3) is 3.80. The van der Waals surface area contributed by atoms with Gasteiger partial charge in [-0.15, -0.1) is 11.3 Å². The summed E-state index contributed by atoms with van der Waals surface area (Å²) in [7, 11) is -1.88. The molecule has 1 fully saturated rings. The third-order valence-electron chi connectivity index (χ3n) is 3.29. The number of nitrogens with zero attached hydrogens (tertiary/aromatic N) is 1. The molecule has 5 nitrogen and oxygen atoms in total. The maximum atomic E-state index is 12.7. The van der Waals surface area contributed by atoms with Gasteiger partial charge in [0.25, 0.3) is 10.0 Å². The van der Waals surface area contributed by atoms with Crippen molar-refractivity contribution in [2.24, 2.45) is 0 Å². The summed E-state index contributed by atoms with van der Waals surface area (Å²) in [6.45, 7) is 2.23. The molecule has 1 aliphatic heterocycles. The van der Waals surface area contributed by atoms with Crippen molar-refractivity contribution in [3.8, 4) is 0 Å². The minimum atomic E-state index is -3.46. The summed E-state index contributed by atoms with van der Waals surface area (Å²) in [6, 6.07) is 2.00. The number of halogens is 1. The molecule has 0 saturated carbocycles. The van der Waals surface area contributed by atoms with E-state index in [2.05, 4.69) is 21.2 Å². The van der Waals surface area contributed by atoms with Gasteiger partial charge >= 0.3 is 0 Å². The van der Waals surface area contributed by atoms with Crippen molar-refractivity contribution in [1.82, 2.24) is 9.62 Å². The molecule has 1 aliphatic rings. The lowest BCUT2D eigenvalue weighted by molar-refractivity contribution is 0.176. The first-order valence-corrected chi connectivity index (χ1v) is 9.62. The Hall–Kier alpha value is 0.01000. The smallest absolute Gasteiger partial charge is 0.253 e. The van der Waals surface area contributed by atoms with Crippen molar-refractivity contribution in [2.45, 2.75) is 23.1 Å². The standard InChI is InChI=1S/C12H19BrN2O3S2/c1-18-7-6-15(9-10-3-2-5-14-10)20(16,17)12-11(13)4-8-19-12/h4,8,10,14H,2-3,5-7,9H2,1H3. The Morgan fingerprint density at radius 3 is 2.95 bits per heavy atom. The zero-order chi connectivity index (χ0) is 14.6. The molecule has 1 N–H and O–H groups in total. The van der Waals surface area contributed by atoms with Gasteiger partial charge in [0.05, 0.1) is 6.61 Å². The largest absolute Gasteiger partial charge is 0.383 e. The predicted octanol–water partition coefficient (Wildman–Crippen LogP) is 1.90. The first-order chi connectivity index (χ1) is 9.55. The highest BCUT2D eigenvalue weighted by molar-refractivity contribution is 9.10. The molecule has 0 amide bonds. The average molecular weight is 383 g/mol. The lowest BCUT2D eigenvalue weighted by atomic mass is 10.2. The van der Waals surface area contributed by atoms with Crippen LogP contribution in [0.4, 0.5) is 0 Å². The molecule has 1 atom stereocenters. The first-order valence-electron chi connectivity index (χ1n) is 6.51. The summed E-state index contributed by atoms with van der Waals surface area (Å²) in [4.78, 5) is 0. The first kappa shape index (κ1) is 16.4. The van der Waals surface area contributed by atoms with E-state index in [1.54, 1.807) is 18.6 Å². The second kappa shape index (κ2) is 7.33. The van der Waals surface area contributed by atoms with Gasteiger partial charge < -0.3 is 10.1 Å². The van der Waals surface area contributed by atoms with Gasteiger partial charge in [-0.3, -0.25) is 0 Å². The van der Waals surface area contributed by atoms with E-state index in [1.165, 1.54) is 15.6 Å². The highest BCUT2D eigenvalue weighted by Gasteiger charge is 2.30. The van der Waals surface area contributed by atoms with E-state index in [-0.39, 0.29) is 6.04 Å². The molecule has 2 rings (SSSR count). The molecule has 1 aromatic heterocycles. The highest BCUT2D eigenvalue weighted by atomic mass is 79.9. The number of thiophene rings is 1. The zero-order valence-electron chi connectivity index (χ0n) is 11.3. The number of hydrogen-bond donors (Lipinski definition) is 1. The number of rotatable bonds is 7. The topological polar surface area (TPSA) is 58.6 Å². The maximum absolute atomic E-state index is 12.7. The van der Waals surface area contributed by atoms with Crippen LogP contribution in [-0.4, -0.2) is 52.1 Å². The van der Waals surface area contributed by atoms with Gasteiger partial charge in [-0.1, -0.05) is 0 Å². The van der Waals surface area contributed by atoms with E-state index in [0.29, 0.717) is 28.4 Å². The highest BCUT2D eigenvalue weighted by Crippen LogP contribution is 2.30. The number of methoxy groups -OCH3 is 1. The Bertz CT molecular complexity index is 527. The summed E-state index contributed by atoms with van der Waals surface area (Å²) < 4.78 is 33.0. The summed E-state index contributed by atoms with van der Waals surface area (Å²) in [5, 5.41) is 5.12. The Labute approximate surface area is 132 Å². The third-order valence-corrected chi connectivity index (χ3v) is 7.80. The van der Waals surface area contributed by atoms with Gasteiger partial charge in [-0.2, -0.15) is 4.31 Å². The Balaban J connectivity index is 2.18. The molecule has 1 aromatic rings. The van der Waals surface area contributed by atoms with Gasteiger partial charge in [-0.25, -0.2) is 8.42 Å². The van der Waals surface area contributed by atoms with E-state index >= 15 is 0 Å². The van der Waals surface area contributed by atoms with Gasteiger partial charge in [0.15, 0.2) is 0 Å². The Morgan fingerprint density at radius 2 is 2.40 bits per heavy atom. The molecule has 0 aromatic carbocycles. The molecule has 0 aliphatic carbocycles. The zero-order valence-corrected chi connectivity index (χ0v) is 14.6. The fraction of sp³-hybridized carbons (Fsp3) is 0.667. The number of hydrogen-bond acceptors (Lipinski definition) is 5. The fourth-order valence-electron chi connectivity index (χ4n) is 2.24. The van der Waals surface area contributed by atoms with Gasteiger partial charge in [0.1, 0.15) is 4.21 Å². The minimum absolute atomic E-state index is 0.236. The summed E-state index contributed by atoms with van der Waals surface area (Å²) in [5.41, 5.74) is 0. The van der Waals surface area contributed by atoms with Gasteiger partial charge in [0, 0.05) is 30.7 Å². The second-order valence-electron chi connectivity index (χ2n) is 4.71. The number of sulfonamides is 1. The van der Waals surface area contributed by atoms with Crippen LogP contribution in [0.2, 0.25) is 0 Å². The van der Waals surface area contributed by atoms with Crippen molar-refractivity contribution in [1.29, 1.82) is 0 Å². The Morgan fingerprint density at radius 1 is 1.60 bits per heavy atom. The summed E-state index contributed by atoms with van der Waals surface area (Å²) in [6.07, 6.45) is 2.12. The van der Waals surface area contributed by atoms with Crippen molar-refractivity contribution < 1.29 is 13.2 Å². The van der Waals surface area contributed by atoms with Crippen LogP contribution in [-0.2, 0) is 14.8 Å². The number of nitrogens with one attached hydrogen (secondary N) is 1. The van der Waals surface area contributed by atoms with Gasteiger partial charge in [0.2, 0.25) is 0 Å². The summed E-state index contributed by atoms with van der Waals surface area (Å²) in [5.74, 6) is 0. The molecule has 20 heavy (non-hydrogen) atoms. The maximum Gasteiger partial charge on any atom is 0.253 e. The average Bonchev–Trinajstić information content (AvgIpc) is 3.05. The minimum Gasteiger partial charge on any atom is -0.383 e.